The summed E-state index contributed by atoms with van der Waals surface area (Å²) >= 11 is 0. The Bertz CT molecular complexity index is 1550. The maximum absolute atomic E-state index is 12.5. The van der Waals surface area contributed by atoms with Crippen LogP contribution in [0.15, 0.2) is 35.4 Å². The van der Waals surface area contributed by atoms with Crippen molar-refractivity contribution in [3.05, 3.63) is 46.5 Å². The third-order valence-electron chi connectivity index (χ3n) is 5.18. The van der Waals surface area contributed by atoms with Crippen LogP contribution in [0, 0.1) is 6.92 Å². The van der Waals surface area contributed by atoms with E-state index in [1.165, 1.54) is 0 Å². The second-order valence-corrected chi connectivity index (χ2v) is 12.6. The molecule has 214 valence electrons. The average Bonchev–Trinajstić information content (AvgIpc) is 3.33. The van der Waals surface area contributed by atoms with Gasteiger partial charge >= 0.3 is 23.5 Å². The highest BCUT2D eigenvalue weighted by Crippen LogP contribution is 2.66. The van der Waals surface area contributed by atoms with Crippen molar-refractivity contribution < 1.29 is 61.4 Å². The van der Waals surface area contributed by atoms with Crippen molar-refractivity contribution in [3.8, 4) is 0 Å². The van der Waals surface area contributed by atoms with Gasteiger partial charge in [-0.1, -0.05) is 17.7 Å². The molecule has 8 N–H and O–H groups in total. The van der Waals surface area contributed by atoms with Gasteiger partial charge in [0.25, 0.3) is 5.56 Å². The van der Waals surface area contributed by atoms with Gasteiger partial charge in [0.15, 0.2) is 17.4 Å². The van der Waals surface area contributed by atoms with Gasteiger partial charge in [0.1, 0.15) is 18.3 Å². The number of phosphoric ester groups is 1. The number of aryl methyl sites for hydroxylation is 1. The van der Waals surface area contributed by atoms with E-state index in [0.717, 1.165) is 16.5 Å². The standard InChI is InChI=1S/C17H22N5O14P3/c1-8-2-4-9(5-3-8)19-17-20-14-11(15(25)21-17)18-7-22(14)16-13(24)12(23)10(34-16)6-33-38(29,30)36-39(31,32)35-37(26,27)28/h2-5,7,10,12-13,16,23-24H,6H2,1H3,(H,29,30)(H,31,32)(H2,26,27,28)(H2,19,20,21,25)/t10-,12-,13-,16?/m0/s1. The van der Waals surface area contributed by atoms with Gasteiger partial charge in [0.2, 0.25) is 5.95 Å². The molecule has 1 fully saturated rings. The number of nitrogens with zero attached hydrogens (tertiary/aromatic N) is 3. The molecular formula is C17H22N5O14P3. The fourth-order valence-corrected chi connectivity index (χ4v) is 6.54. The molecular weight excluding hydrogens is 591 g/mol. The quantitative estimate of drug-likeness (QED) is 0.141. The summed E-state index contributed by atoms with van der Waals surface area (Å²) in [5, 5.41) is 23.8. The van der Waals surface area contributed by atoms with Gasteiger partial charge in [-0.05, 0) is 19.1 Å². The van der Waals surface area contributed by atoms with Crippen LogP contribution in [-0.4, -0.2) is 74.2 Å². The van der Waals surface area contributed by atoms with Crippen molar-refractivity contribution in [2.75, 3.05) is 11.9 Å². The summed E-state index contributed by atoms with van der Waals surface area (Å²) in [6.07, 6.45) is -5.33. The second-order valence-electron chi connectivity index (χ2n) is 8.16. The largest absolute Gasteiger partial charge is 0.490 e. The van der Waals surface area contributed by atoms with Gasteiger partial charge in [-0.15, -0.1) is 0 Å². The number of aliphatic hydroxyl groups excluding tert-OH is 2. The number of ether oxygens (including phenoxy) is 1. The predicted molar refractivity (Wildman–Crippen MR) is 128 cm³/mol. The zero-order valence-electron chi connectivity index (χ0n) is 19.5. The lowest BCUT2D eigenvalue weighted by Crippen LogP contribution is -2.33. The van der Waals surface area contributed by atoms with E-state index in [9.17, 15) is 38.5 Å². The van der Waals surface area contributed by atoms with Crippen LogP contribution in [0.1, 0.15) is 11.8 Å². The fourth-order valence-electron chi connectivity index (χ4n) is 3.51. The number of nitrogens with one attached hydrogen (secondary N) is 2. The summed E-state index contributed by atoms with van der Waals surface area (Å²) in [6.45, 7) is 0.881. The Balaban J connectivity index is 1.50. The van der Waals surface area contributed by atoms with Crippen LogP contribution < -0.4 is 10.9 Å². The Morgan fingerprint density at radius 2 is 1.72 bits per heavy atom. The van der Waals surface area contributed by atoms with E-state index < -0.39 is 60.2 Å². The maximum atomic E-state index is 12.5. The van der Waals surface area contributed by atoms with E-state index in [0.29, 0.717) is 5.69 Å². The van der Waals surface area contributed by atoms with Crippen LogP contribution in [0.25, 0.3) is 11.2 Å². The Kier molecular flexibility index (Phi) is 8.29. The molecule has 39 heavy (non-hydrogen) atoms. The molecule has 2 aromatic heterocycles. The molecule has 3 aromatic rings. The first-order valence-corrected chi connectivity index (χ1v) is 15.2. The highest BCUT2D eigenvalue weighted by Gasteiger charge is 2.47. The number of aromatic nitrogens is 4. The molecule has 6 atom stereocenters. The van der Waals surface area contributed by atoms with Crippen molar-refractivity contribution in [2.45, 2.75) is 31.5 Å². The minimum absolute atomic E-state index is 0.0235. The van der Waals surface area contributed by atoms with Gasteiger partial charge in [0.05, 0.1) is 12.9 Å². The van der Waals surface area contributed by atoms with Crippen molar-refractivity contribution in [2.24, 2.45) is 0 Å². The van der Waals surface area contributed by atoms with Crippen molar-refractivity contribution >= 4 is 46.3 Å². The van der Waals surface area contributed by atoms with Gasteiger partial charge in [0, 0.05) is 5.69 Å². The van der Waals surface area contributed by atoms with Gasteiger partial charge < -0.3 is 39.8 Å². The number of hydrogen-bond donors (Lipinski definition) is 8. The number of benzene rings is 1. The van der Waals surface area contributed by atoms with Gasteiger partial charge in [-0.25, -0.2) is 18.7 Å². The Labute approximate surface area is 217 Å². The minimum atomic E-state index is -5.75. The SMILES string of the molecule is Cc1ccc(Nc2nc3c(ncn3C3O[C@@H](COP(=O)(O)OP(=O)(O)OP(=O)(O)O)[C@H](O)[C@@H]3O)c(=O)[nH]2)cc1. The fraction of sp³-hybridized carbons (Fsp3) is 0.353. The molecule has 0 bridgehead atoms. The number of anilines is 2. The van der Waals surface area contributed by atoms with Gasteiger partial charge in [-0.2, -0.15) is 13.6 Å². The molecule has 1 aliphatic heterocycles. The van der Waals surface area contributed by atoms with Crippen LogP contribution in [0.5, 0.6) is 0 Å². The molecule has 0 amide bonds. The number of aromatic amines is 1. The highest BCUT2D eigenvalue weighted by molar-refractivity contribution is 7.66. The first-order valence-electron chi connectivity index (χ1n) is 10.6. The topological polar surface area (TPSA) is 285 Å². The molecule has 0 aliphatic carbocycles. The lowest BCUT2D eigenvalue weighted by molar-refractivity contribution is -0.0503. The molecule has 0 radical (unpaired) electrons. The lowest BCUT2D eigenvalue weighted by atomic mass is 10.1. The third kappa shape index (κ3) is 7.25. The Hall–Kier alpha value is -2.34. The summed E-state index contributed by atoms with van der Waals surface area (Å²) in [5.41, 5.74) is 0.785. The van der Waals surface area contributed by atoms with E-state index >= 15 is 0 Å². The van der Waals surface area contributed by atoms with E-state index in [1.54, 1.807) is 12.1 Å². The molecule has 3 unspecified atom stereocenters. The van der Waals surface area contributed by atoms with Crippen LogP contribution >= 0.6 is 23.5 Å². The van der Waals surface area contributed by atoms with Crippen molar-refractivity contribution in [1.82, 2.24) is 19.5 Å². The lowest BCUT2D eigenvalue weighted by Gasteiger charge is -2.19. The predicted octanol–water partition coefficient (Wildman–Crippen LogP) is 0.134. The zero-order valence-corrected chi connectivity index (χ0v) is 22.2. The molecule has 1 saturated heterocycles. The van der Waals surface area contributed by atoms with Crippen LogP contribution in [0.4, 0.5) is 11.6 Å². The Morgan fingerprint density at radius 1 is 1.05 bits per heavy atom. The Morgan fingerprint density at radius 3 is 2.36 bits per heavy atom. The average molecular weight is 613 g/mol. The van der Waals surface area contributed by atoms with Gasteiger partial charge in [-0.3, -0.25) is 18.9 Å². The van der Waals surface area contributed by atoms with E-state index in [4.69, 9.17) is 14.5 Å². The molecule has 19 nitrogen and oxygen atoms in total. The summed E-state index contributed by atoms with van der Waals surface area (Å²) in [7, 11) is -16.8. The summed E-state index contributed by atoms with van der Waals surface area (Å²) in [6, 6.07) is 7.16. The second kappa shape index (κ2) is 10.9. The van der Waals surface area contributed by atoms with Crippen molar-refractivity contribution in [1.29, 1.82) is 0 Å². The maximum Gasteiger partial charge on any atom is 0.490 e. The number of rotatable bonds is 10. The number of aliphatic hydroxyl groups is 2. The zero-order chi connectivity index (χ0) is 28.8. The number of hydrogen-bond acceptors (Lipinski definition) is 13. The van der Waals surface area contributed by atoms with E-state index in [2.05, 4.69) is 33.4 Å². The minimum Gasteiger partial charge on any atom is -0.387 e. The van der Waals surface area contributed by atoms with E-state index in [-0.39, 0.29) is 17.1 Å². The summed E-state index contributed by atoms with van der Waals surface area (Å²) in [4.78, 5) is 59.3. The highest BCUT2D eigenvalue weighted by atomic mass is 31.3. The smallest absolute Gasteiger partial charge is 0.387 e. The number of phosphoric acid groups is 3. The number of imidazole rings is 1. The molecule has 0 saturated carbocycles. The molecule has 3 heterocycles. The third-order valence-corrected chi connectivity index (χ3v) is 8.98. The first kappa shape index (κ1) is 29.6. The monoisotopic (exact) mass is 613 g/mol. The van der Waals surface area contributed by atoms with Crippen LogP contribution in [0.2, 0.25) is 0 Å². The first-order chi connectivity index (χ1) is 18.0. The normalized spacial score (nSPS) is 24.9. The summed E-state index contributed by atoms with van der Waals surface area (Å²) < 4.78 is 52.5. The molecule has 4 rings (SSSR count). The molecule has 1 aliphatic rings. The van der Waals surface area contributed by atoms with E-state index in [1.807, 2.05) is 19.1 Å². The van der Waals surface area contributed by atoms with Crippen molar-refractivity contribution in [3.63, 3.8) is 0 Å². The number of fused-ring (bicyclic) bond motifs is 1. The van der Waals surface area contributed by atoms with Crippen LogP contribution in [0.3, 0.4) is 0 Å². The van der Waals surface area contributed by atoms with Crippen LogP contribution in [-0.2, 0) is 31.6 Å². The number of H-pyrrole nitrogens is 1. The molecule has 1 aromatic carbocycles. The molecule has 0 spiro atoms. The summed E-state index contributed by atoms with van der Waals surface area (Å²) in [5.74, 6) is 0.0235. The molecule has 22 heteroatoms.